The summed E-state index contributed by atoms with van der Waals surface area (Å²) >= 11 is 12.5. The number of fused-ring (bicyclic) bond motifs is 1. The van der Waals surface area contributed by atoms with E-state index in [1.54, 1.807) is 0 Å². The third kappa shape index (κ3) is 2.60. The smallest absolute Gasteiger partial charge is 0.226 e. The molecule has 0 unspecified atom stereocenters. The molecule has 0 amide bonds. The van der Waals surface area contributed by atoms with Crippen LogP contribution in [0.15, 0.2) is 60.9 Å². The third-order valence-electron chi connectivity index (χ3n) is 3.76. The maximum absolute atomic E-state index is 6.33. The number of hydrogen-bond acceptors (Lipinski definition) is 3. The predicted molar refractivity (Wildman–Crippen MR) is 92.7 cm³/mol. The van der Waals surface area contributed by atoms with Gasteiger partial charge in [0.25, 0.3) is 0 Å². The van der Waals surface area contributed by atoms with Gasteiger partial charge in [-0.1, -0.05) is 53.5 Å². The molecule has 0 spiro atoms. The van der Waals surface area contributed by atoms with E-state index in [1.165, 1.54) is 6.33 Å². The van der Waals surface area contributed by atoms with Gasteiger partial charge in [-0.25, -0.2) is 4.68 Å². The van der Waals surface area contributed by atoms with Gasteiger partial charge in [0.05, 0.1) is 0 Å². The number of aromatic nitrogens is 3. The Morgan fingerprint density at radius 2 is 1.91 bits per heavy atom. The highest BCUT2D eigenvalue weighted by Gasteiger charge is 2.24. The quantitative estimate of drug-likeness (QED) is 0.737. The van der Waals surface area contributed by atoms with Gasteiger partial charge >= 0.3 is 0 Å². The summed E-state index contributed by atoms with van der Waals surface area (Å²) in [5.41, 5.74) is 2.87. The van der Waals surface area contributed by atoms with Gasteiger partial charge in [0.15, 0.2) is 0 Å². The summed E-state index contributed by atoms with van der Waals surface area (Å²) in [7, 11) is 0. The SMILES string of the molecule is Clc1cccc([C@@H]2C=C(c3ccccc3Cl)Nc3ncnn32)c1. The van der Waals surface area contributed by atoms with Crippen molar-refractivity contribution in [2.45, 2.75) is 6.04 Å². The Kier molecular flexibility index (Phi) is 3.56. The predicted octanol–water partition coefficient (Wildman–Crippen LogP) is 4.64. The van der Waals surface area contributed by atoms with Crippen LogP contribution in [0.3, 0.4) is 0 Å². The number of nitrogens with one attached hydrogen (secondary N) is 1. The standard InChI is InChI=1S/C17H12Cl2N4/c18-12-5-3-4-11(8-12)16-9-15(13-6-1-2-7-14(13)19)22-17-20-10-21-23(16)17/h1-10,16H,(H,20,21,22)/t16-/m0/s1. The maximum atomic E-state index is 6.33. The Labute approximate surface area is 143 Å². The van der Waals surface area contributed by atoms with Crippen LogP contribution >= 0.6 is 23.2 Å². The minimum absolute atomic E-state index is 0.0984. The van der Waals surface area contributed by atoms with Crippen LogP contribution < -0.4 is 5.32 Å². The van der Waals surface area contributed by atoms with Crippen LogP contribution in [0.2, 0.25) is 10.0 Å². The van der Waals surface area contributed by atoms with Gasteiger partial charge in [-0.2, -0.15) is 10.1 Å². The molecule has 4 rings (SSSR count). The summed E-state index contributed by atoms with van der Waals surface area (Å²) < 4.78 is 1.83. The van der Waals surface area contributed by atoms with Gasteiger partial charge in [-0.3, -0.25) is 0 Å². The van der Waals surface area contributed by atoms with Crippen molar-refractivity contribution in [3.05, 3.63) is 82.1 Å². The first-order valence-electron chi connectivity index (χ1n) is 7.11. The zero-order valence-corrected chi connectivity index (χ0v) is 13.5. The number of hydrogen-bond donors (Lipinski definition) is 1. The fourth-order valence-electron chi connectivity index (χ4n) is 2.70. The summed E-state index contributed by atoms with van der Waals surface area (Å²) in [6.45, 7) is 0. The summed E-state index contributed by atoms with van der Waals surface area (Å²) in [4.78, 5) is 4.28. The van der Waals surface area contributed by atoms with Crippen molar-refractivity contribution in [3.8, 4) is 0 Å². The number of anilines is 1. The molecule has 0 aliphatic carbocycles. The van der Waals surface area contributed by atoms with Gasteiger partial charge in [0, 0.05) is 21.3 Å². The van der Waals surface area contributed by atoms with Gasteiger partial charge < -0.3 is 5.32 Å². The molecule has 0 radical (unpaired) electrons. The number of allylic oxidation sites excluding steroid dienone is 1. The highest BCUT2D eigenvalue weighted by molar-refractivity contribution is 6.32. The van der Waals surface area contributed by atoms with Crippen LogP contribution in [0.4, 0.5) is 5.95 Å². The Hall–Kier alpha value is -2.30. The van der Waals surface area contributed by atoms with Gasteiger partial charge in [0.1, 0.15) is 12.4 Å². The van der Waals surface area contributed by atoms with E-state index in [4.69, 9.17) is 23.2 Å². The van der Waals surface area contributed by atoms with Crippen molar-refractivity contribution in [1.82, 2.24) is 14.8 Å². The van der Waals surface area contributed by atoms with E-state index in [0.29, 0.717) is 16.0 Å². The molecule has 6 heteroatoms. The van der Waals surface area contributed by atoms with Crippen LogP contribution in [-0.4, -0.2) is 14.8 Å². The average molecular weight is 343 g/mol. The fraction of sp³-hybridized carbons (Fsp3) is 0.0588. The molecule has 4 nitrogen and oxygen atoms in total. The molecule has 1 atom stereocenters. The lowest BCUT2D eigenvalue weighted by molar-refractivity contribution is 0.612. The lowest BCUT2D eigenvalue weighted by Gasteiger charge is -2.24. The molecule has 114 valence electrons. The first kappa shape index (κ1) is 14.3. The molecule has 2 heterocycles. The summed E-state index contributed by atoms with van der Waals surface area (Å²) in [6.07, 6.45) is 3.61. The fourth-order valence-corrected chi connectivity index (χ4v) is 3.13. The Morgan fingerprint density at radius 1 is 1.04 bits per heavy atom. The van der Waals surface area contributed by atoms with Crippen LogP contribution in [0, 0.1) is 0 Å². The van der Waals surface area contributed by atoms with Crippen molar-refractivity contribution < 1.29 is 0 Å². The van der Waals surface area contributed by atoms with Gasteiger partial charge in [-0.05, 0) is 29.8 Å². The number of rotatable bonds is 2. The highest BCUT2D eigenvalue weighted by atomic mass is 35.5. The molecule has 1 aliphatic rings. The second-order valence-electron chi connectivity index (χ2n) is 5.21. The normalized spacial score (nSPS) is 16.4. The first-order chi connectivity index (χ1) is 11.2. The van der Waals surface area contributed by atoms with E-state index < -0.39 is 0 Å². The second kappa shape index (κ2) is 5.72. The Balaban J connectivity index is 1.85. The molecule has 0 fully saturated rings. The molecule has 1 aromatic heterocycles. The molecule has 0 saturated carbocycles. The Morgan fingerprint density at radius 3 is 2.74 bits per heavy atom. The van der Waals surface area contributed by atoms with Crippen LogP contribution in [0.1, 0.15) is 17.2 Å². The monoisotopic (exact) mass is 342 g/mol. The van der Waals surface area contributed by atoms with Crippen molar-refractivity contribution >= 4 is 34.8 Å². The highest BCUT2D eigenvalue weighted by Crippen LogP contribution is 2.34. The minimum atomic E-state index is -0.0984. The van der Waals surface area contributed by atoms with Gasteiger partial charge in [-0.15, -0.1) is 0 Å². The summed E-state index contributed by atoms with van der Waals surface area (Å²) in [5.74, 6) is 0.674. The largest absolute Gasteiger partial charge is 0.324 e. The molecule has 3 aromatic rings. The van der Waals surface area contributed by atoms with Crippen molar-refractivity contribution in [1.29, 1.82) is 0 Å². The van der Waals surface area contributed by atoms with Gasteiger partial charge in [0.2, 0.25) is 5.95 Å². The van der Waals surface area contributed by atoms with Crippen molar-refractivity contribution in [2.75, 3.05) is 5.32 Å². The van der Waals surface area contributed by atoms with Crippen LogP contribution in [-0.2, 0) is 0 Å². The molecule has 2 aromatic carbocycles. The summed E-state index contributed by atoms with van der Waals surface area (Å²) in [6, 6.07) is 15.3. The molecule has 1 aliphatic heterocycles. The van der Waals surface area contributed by atoms with E-state index in [9.17, 15) is 0 Å². The zero-order valence-electron chi connectivity index (χ0n) is 11.9. The third-order valence-corrected chi connectivity index (χ3v) is 4.33. The molecule has 0 bridgehead atoms. The number of halogens is 2. The first-order valence-corrected chi connectivity index (χ1v) is 7.87. The van der Waals surface area contributed by atoms with Crippen molar-refractivity contribution in [2.24, 2.45) is 0 Å². The molecular weight excluding hydrogens is 331 g/mol. The topological polar surface area (TPSA) is 42.7 Å². The molecular formula is C17H12Cl2N4. The van der Waals surface area contributed by atoms with E-state index in [-0.39, 0.29) is 6.04 Å². The van der Waals surface area contributed by atoms with Crippen LogP contribution in [0.5, 0.6) is 0 Å². The second-order valence-corrected chi connectivity index (χ2v) is 6.06. The number of nitrogens with zero attached hydrogens (tertiary/aromatic N) is 3. The molecule has 23 heavy (non-hydrogen) atoms. The van der Waals surface area contributed by atoms with Crippen LogP contribution in [0.25, 0.3) is 5.70 Å². The minimum Gasteiger partial charge on any atom is -0.324 e. The number of benzene rings is 2. The lowest BCUT2D eigenvalue weighted by atomic mass is 10.0. The van der Waals surface area contributed by atoms with E-state index in [0.717, 1.165) is 16.8 Å². The lowest BCUT2D eigenvalue weighted by Crippen LogP contribution is -2.20. The molecule has 1 N–H and O–H groups in total. The Bertz CT molecular complexity index is 901. The van der Waals surface area contributed by atoms with E-state index >= 15 is 0 Å². The summed E-state index contributed by atoms with van der Waals surface area (Å²) in [5, 5.41) is 8.97. The zero-order chi connectivity index (χ0) is 15.8. The molecule has 0 saturated heterocycles. The average Bonchev–Trinajstić information content (AvgIpc) is 3.03. The van der Waals surface area contributed by atoms with E-state index in [1.807, 2.05) is 53.2 Å². The van der Waals surface area contributed by atoms with E-state index in [2.05, 4.69) is 21.5 Å². The van der Waals surface area contributed by atoms with Crippen molar-refractivity contribution in [3.63, 3.8) is 0 Å². The maximum Gasteiger partial charge on any atom is 0.226 e.